The Bertz CT molecular complexity index is 1380. The van der Waals surface area contributed by atoms with Gasteiger partial charge in [-0.1, -0.05) is 113 Å². The Labute approximate surface area is 238 Å². The van der Waals surface area contributed by atoms with Gasteiger partial charge in [0.15, 0.2) is 0 Å². The Morgan fingerprint density at radius 2 is 1.48 bits per heavy atom. The molecule has 6 nitrogen and oxygen atoms in total. The van der Waals surface area contributed by atoms with Crippen molar-refractivity contribution in [1.29, 1.82) is 0 Å². The van der Waals surface area contributed by atoms with E-state index in [1.165, 1.54) is 0 Å². The van der Waals surface area contributed by atoms with E-state index in [4.69, 9.17) is 5.10 Å². The average molecular weight is 537 g/mol. The molecule has 0 aliphatic carbocycles. The first kappa shape index (κ1) is 28.8. The van der Waals surface area contributed by atoms with Gasteiger partial charge in [0.1, 0.15) is 5.82 Å². The van der Waals surface area contributed by atoms with E-state index in [1.54, 1.807) is 9.58 Å². The second-order valence-electron chi connectivity index (χ2n) is 11.3. The minimum Gasteiger partial charge on any atom is -0.333 e. The van der Waals surface area contributed by atoms with Crippen LogP contribution in [-0.4, -0.2) is 39.6 Å². The summed E-state index contributed by atoms with van der Waals surface area (Å²) < 4.78 is 1.79. The van der Waals surface area contributed by atoms with Crippen LogP contribution in [0.4, 0.5) is 5.82 Å². The first-order valence-electron chi connectivity index (χ1n) is 14.0. The van der Waals surface area contributed by atoms with E-state index < -0.39 is 5.92 Å². The third-order valence-electron chi connectivity index (χ3n) is 7.03. The molecule has 0 unspecified atom stereocenters. The van der Waals surface area contributed by atoms with E-state index >= 15 is 0 Å². The minimum absolute atomic E-state index is 0.0429. The summed E-state index contributed by atoms with van der Waals surface area (Å²) in [6.45, 7) is 10.9. The van der Waals surface area contributed by atoms with Crippen molar-refractivity contribution >= 4 is 17.6 Å². The molecule has 0 fully saturated rings. The Morgan fingerprint density at radius 3 is 2.02 bits per heavy atom. The number of nitrogens with one attached hydrogen (secondary N) is 1. The Hall–Kier alpha value is -4.19. The van der Waals surface area contributed by atoms with Gasteiger partial charge in [-0.25, -0.2) is 4.68 Å². The Morgan fingerprint density at radius 1 is 0.900 bits per heavy atom. The molecule has 0 aliphatic rings. The Kier molecular flexibility index (Phi) is 9.20. The lowest BCUT2D eigenvalue weighted by Crippen LogP contribution is -2.41. The molecule has 0 radical (unpaired) electrons. The predicted molar refractivity (Wildman–Crippen MR) is 162 cm³/mol. The van der Waals surface area contributed by atoms with E-state index in [2.05, 4.69) is 33.0 Å². The van der Waals surface area contributed by atoms with Crippen LogP contribution in [0.5, 0.6) is 0 Å². The standard InChI is InChI=1S/C34H40N4O2/c1-6-7-22-37(33(40)32(26-17-10-8-11-18-26)27-19-12-9-13-20-27)24-31(39)35-30-23-29(34(3,4)5)36-38(30)28-21-15-14-16-25(28)2/h8-21,23,32H,6-7,22,24H2,1-5H3,(H,35,39). The first-order valence-corrected chi connectivity index (χ1v) is 14.0. The number of para-hydroxylation sites is 1. The highest BCUT2D eigenvalue weighted by molar-refractivity contribution is 5.96. The lowest BCUT2D eigenvalue weighted by Gasteiger charge is -2.28. The third-order valence-corrected chi connectivity index (χ3v) is 7.03. The van der Waals surface area contributed by atoms with Crippen LogP contribution in [-0.2, 0) is 15.0 Å². The molecule has 0 bridgehead atoms. The molecule has 2 amide bonds. The number of nitrogens with zero attached hydrogens (tertiary/aromatic N) is 3. The maximum Gasteiger partial charge on any atom is 0.245 e. The molecule has 0 saturated heterocycles. The van der Waals surface area contributed by atoms with Gasteiger partial charge in [-0.15, -0.1) is 0 Å². The molecule has 0 spiro atoms. The van der Waals surface area contributed by atoms with Crippen molar-refractivity contribution in [2.24, 2.45) is 0 Å². The molecular formula is C34H40N4O2. The minimum atomic E-state index is -0.489. The Balaban J connectivity index is 1.64. The van der Waals surface area contributed by atoms with Gasteiger partial charge < -0.3 is 10.2 Å². The van der Waals surface area contributed by atoms with E-state index in [9.17, 15) is 9.59 Å². The molecule has 1 N–H and O–H groups in total. The summed E-state index contributed by atoms with van der Waals surface area (Å²) >= 11 is 0. The van der Waals surface area contributed by atoms with Gasteiger partial charge in [-0.05, 0) is 36.1 Å². The molecule has 6 heteroatoms. The maximum atomic E-state index is 14.1. The van der Waals surface area contributed by atoms with E-state index in [-0.39, 0.29) is 23.8 Å². The summed E-state index contributed by atoms with van der Waals surface area (Å²) in [6.07, 6.45) is 1.73. The van der Waals surface area contributed by atoms with Crippen molar-refractivity contribution in [3.05, 3.63) is 113 Å². The maximum absolute atomic E-state index is 14.1. The van der Waals surface area contributed by atoms with Crippen molar-refractivity contribution in [2.75, 3.05) is 18.4 Å². The number of aromatic nitrogens is 2. The molecule has 208 valence electrons. The summed E-state index contributed by atoms with van der Waals surface area (Å²) in [4.78, 5) is 29.4. The zero-order valence-corrected chi connectivity index (χ0v) is 24.2. The number of carbonyl (C=O) groups excluding carboxylic acids is 2. The topological polar surface area (TPSA) is 67.2 Å². The summed E-state index contributed by atoms with van der Waals surface area (Å²) in [7, 11) is 0. The van der Waals surface area contributed by atoms with Crippen LogP contribution < -0.4 is 5.32 Å². The van der Waals surface area contributed by atoms with Crippen LogP contribution >= 0.6 is 0 Å². The summed E-state index contributed by atoms with van der Waals surface area (Å²) in [6, 6.07) is 29.5. The highest BCUT2D eigenvalue weighted by Gasteiger charge is 2.29. The molecule has 0 aliphatic heterocycles. The molecular weight excluding hydrogens is 496 g/mol. The largest absolute Gasteiger partial charge is 0.333 e. The second-order valence-corrected chi connectivity index (χ2v) is 11.3. The van der Waals surface area contributed by atoms with Gasteiger partial charge >= 0.3 is 0 Å². The summed E-state index contributed by atoms with van der Waals surface area (Å²) in [5, 5.41) is 7.94. The zero-order valence-electron chi connectivity index (χ0n) is 24.2. The number of rotatable bonds is 10. The normalized spacial score (nSPS) is 11.4. The predicted octanol–water partition coefficient (Wildman–Crippen LogP) is 6.88. The number of hydrogen-bond donors (Lipinski definition) is 1. The van der Waals surface area contributed by atoms with Crippen molar-refractivity contribution < 1.29 is 9.59 Å². The van der Waals surface area contributed by atoms with Crippen LogP contribution in [0.3, 0.4) is 0 Å². The first-order chi connectivity index (χ1) is 19.2. The highest BCUT2D eigenvalue weighted by atomic mass is 16.2. The number of amides is 2. The lowest BCUT2D eigenvalue weighted by atomic mass is 9.90. The summed E-state index contributed by atoms with van der Waals surface area (Å²) in [5.41, 5.74) is 4.45. The van der Waals surface area contributed by atoms with Crippen LogP contribution in [0.2, 0.25) is 0 Å². The second kappa shape index (κ2) is 12.8. The zero-order chi connectivity index (χ0) is 28.7. The van der Waals surface area contributed by atoms with Gasteiger partial charge in [-0.2, -0.15) is 5.10 Å². The lowest BCUT2D eigenvalue weighted by molar-refractivity contribution is -0.135. The molecule has 4 rings (SSSR count). The van der Waals surface area contributed by atoms with E-state index in [1.807, 2.05) is 97.9 Å². The molecule has 4 aromatic rings. The quantitative estimate of drug-likeness (QED) is 0.240. The number of hydrogen-bond acceptors (Lipinski definition) is 3. The average Bonchev–Trinajstić information content (AvgIpc) is 3.36. The van der Waals surface area contributed by atoms with Gasteiger partial charge in [0.25, 0.3) is 0 Å². The van der Waals surface area contributed by atoms with Crippen LogP contribution in [0.15, 0.2) is 91.0 Å². The molecule has 1 heterocycles. The van der Waals surface area contributed by atoms with Gasteiger partial charge in [0.05, 0.1) is 23.8 Å². The van der Waals surface area contributed by atoms with Crippen molar-refractivity contribution in [1.82, 2.24) is 14.7 Å². The third kappa shape index (κ3) is 6.87. The van der Waals surface area contributed by atoms with Crippen LogP contribution in [0.25, 0.3) is 5.69 Å². The molecule has 40 heavy (non-hydrogen) atoms. The number of carbonyl (C=O) groups is 2. The van der Waals surface area contributed by atoms with Crippen molar-refractivity contribution in [3.8, 4) is 5.69 Å². The fourth-order valence-corrected chi connectivity index (χ4v) is 4.74. The summed E-state index contributed by atoms with van der Waals surface area (Å²) in [5.74, 6) is -0.227. The smallest absolute Gasteiger partial charge is 0.245 e. The van der Waals surface area contributed by atoms with Crippen LogP contribution in [0.1, 0.15) is 68.8 Å². The van der Waals surface area contributed by atoms with Gasteiger partial charge in [0, 0.05) is 18.0 Å². The highest BCUT2D eigenvalue weighted by Crippen LogP contribution is 2.29. The fraction of sp³-hybridized carbons (Fsp3) is 0.324. The van der Waals surface area contributed by atoms with Crippen molar-refractivity contribution in [3.63, 3.8) is 0 Å². The SMILES string of the molecule is CCCCN(CC(=O)Nc1cc(C(C)(C)C)nn1-c1ccccc1C)C(=O)C(c1ccccc1)c1ccccc1. The van der Waals surface area contributed by atoms with Crippen molar-refractivity contribution in [2.45, 2.75) is 58.8 Å². The van der Waals surface area contributed by atoms with E-state index in [0.29, 0.717) is 12.4 Å². The van der Waals surface area contributed by atoms with E-state index in [0.717, 1.165) is 40.9 Å². The van der Waals surface area contributed by atoms with Gasteiger partial charge in [-0.3, -0.25) is 9.59 Å². The number of unbranched alkanes of at least 4 members (excludes halogenated alkanes) is 1. The molecule has 1 aromatic heterocycles. The molecule has 3 aromatic carbocycles. The van der Waals surface area contributed by atoms with Gasteiger partial charge in [0.2, 0.25) is 11.8 Å². The molecule has 0 saturated carbocycles. The number of aryl methyl sites for hydroxylation is 1. The monoisotopic (exact) mass is 536 g/mol. The van der Waals surface area contributed by atoms with Crippen LogP contribution in [0, 0.1) is 6.92 Å². The fourth-order valence-electron chi connectivity index (χ4n) is 4.74. The number of anilines is 1. The number of benzene rings is 3. The molecule has 0 atom stereocenters.